The largest absolute Gasteiger partial charge is 0.486 e. The molecule has 2 aliphatic heterocycles. The monoisotopic (exact) mass is 1190 g/mol. The van der Waals surface area contributed by atoms with Gasteiger partial charge in [0.25, 0.3) is 0 Å². The Morgan fingerprint density at radius 3 is 1.75 bits per heavy atom. The third kappa shape index (κ3) is 16.7. The lowest BCUT2D eigenvalue weighted by atomic mass is 9.97. The van der Waals surface area contributed by atoms with Gasteiger partial charge >= 0.3 is 6.18 Å². The van der Waals surface area contributed by atoms with Gasteiger partial charge in [-0.15, -0.1) is 0 Å². The molecule has 17 nitrogen and oxygen atoms in total. The number of amides is 4. The summed E-state index contributed by atoms with van der Waals surface area (Å²) in [5.41, 5.74) is 7.83. The summed E-state index contributed by atoms with van der Waals surface area (Å²) in [6.45, 7) is 0.744. The summed E-state index contributed by atoms with van der Waals surface area (Å²) in [4.78, 5) is 67.0. The van der Waals surface area contributed by atoms with Gasteiger partial charge in [0.2, 0.25) is 23.6 Å². The first-order valence-corrected chi connectivity index (χ1v) is 28.4. The number of nitriles is 3. The molecule has 87 heavy (non-hydrogen) atoms. The van der Waals surface area contributed by atoms with Gasteiger partial charge in [-0.25, -0.2) is 8.78 Å². The molecule has 11 rings (SSSR count). The van der Waals surface area contributed by atoms with Crippen molar-refractivity contribution in [1.29, 1.82) is 15.8 Å². The molecule has 4 amide bonds. The van der Waals surface area contributed by atoms with Crippen LogP contribution in [0.25, 0.3) is 33.5 Å². The molecule has 2 saturated heterocycles. The quantitative estimate of drug-likeness (QED) is 0.0447. The van der Waals surface area contributed by atoms with Gasteiger partial charge in [-0.3, -0.25) is 29.0 Å². The Labute approximate surface area is 498 Å². The molecular formula is C65H60F5N9O8. The maximum Gasteiger partial charge on any atom is 0.389 e. The summed E-state index contributed by atoms with van der Waals surface area (Å²) >= 11 is 0. The highest BCUT2D eigenvalue weighted by atomic mass is 19.4. The average molecular weight is 1190 g/mol. The van der Waals surface area contributed by atoms with E-state index in [0.717, 1.165) is 66.7 Å². The van der Waals surface area contributed by atoms with E-state index in [0.29, 0.717) is 40.3 Å². The zero-order valence-electron chi connectivity index (χ0n) is 46.9. The molecule has 5 atom stereocenters. The Balaban J connectivity index is 0.000000157. The fourth-order valence-electron chi connectivity index (χ4n) is 9.95. The number of alkyl halides is 5. The van der Waals surface area contributed by atoms with E-state index in [1.165, 1.54) is 29.3 Å². The summed E-state index contributed by atoms with van der Waals surface area (Å²) in [5.74, 6) is -1.73. The molecule has 5 fully saturated rings. The van der Waals surface area contributed by atoms with E-state index in [1.54, 1.807) is 48.5 Å². The van der Waals surface area contributed by atoms with Crippen molar-refractivity contribution in [3.05, 3.63) is 144 Å². The molecular weight excluding hydrogens is 1130 g/mol. The summed E-state index contributed by atoms with van der Waals surface area (Å²) in [7, 11) is 0. The predicted molar refractivity (Wildman–Crippen MR) is 312 cm³/mol. The third-order valence-electron chi connectivity index (χ3n) is 15.2. The number of carbonyl (C=O) groups excluding carboxylic acids is 5. The zero-order valence-corrected chi connectivity index (χ0v) is 46.9. The lowest BCUT2D eigenvalue weighted by Crippen LogP contribution is -2.50. The van der Waals surface area contributed by atoms with Crippen LogP contribution in [0.4, 0.5) is 44.7 Å². The van der Waals surface area contributed by atoms with Crippen LogP contribution in [0.5, 0.6) is 5.75 Å². The summed E-state index contributed by atoms with van der Waals surface area (Å²) in [6.07, 6.45) is -3.62. The summed E-state index contributed by atoms with van der Waals surface area (Å²) in [5, 5.41) is 55.6. The number of benzene rings is 5. The second kappa shape index (κ2) is 27.6. The molecule has 448 valence electrons. The molecule has 5 N–H and O–H groups in total. The Morgan fingerprint density at radius 2 is 1.20 bits per heavy atom. The number of carbonyl (C=O) groups is 5. The second-order valence-corrected chi connectivity index (χ2v) is 21.9. The van der Waals surface area contributed by atoms with Crippen molar-refractivity contribution in [2.24, 2.45) is 17.8 Å². The molecule has 3 saturated carbocycles. The second-order valence-electron chi connectivity index (χ2n) is 21.9. The Bertz CT molecular complexity index is 3700. The maximum absolute atomic E-state index is 14.6. The highest BCUT2D eigenvalue weighted by molar-refractivity contribution is 5.99. The van der Waals surface area contributed by atoms with E-state index in [4.69, 9.17) is 9.84 Å². The number of aromatic nitrogens is 1. The number of pyridine rings is 1. The third-order valence-corrected chi connectivity index (χ3v) is 15.2. The van der Waals surface area contributed by atoms with Crippen LogP contribution in [0, 0.1) is 51.7 Å². The molecule has 3 aliphatic carbocycles. The van der Waals surface area contributed by atoms with Crippen LogP contribution in [0.15, 0.2) is 121 Å². The molecule has 5 aliphatic rings. The standard InChI is InChI=1S/C24H23F2N3O4.C21H21N3O2.C20H16F3N3O2/c25-19-10-18(19)24(32)28-17-3-1-2-14(9-17)15-4-5-21(16(8-15)11-27)33-22-6-7-29(12-20(22)26)23(31)13-30;22-12-17-10-16(6-7-20(17)24-9-8-19(25)13-24)15-2-1-3-18(11-15)23-21(26)14-4-5-14;21-20(22,23)7-5-18(27)16-4-3-13(9-14(16)11-24)17-10-15(6-8-25-17)26-19(28)12-1-2-12/h1-5,8-9,18-20,22,30H,6-7,10,12-13H2,(H,28,32);1-3,6-7,10-11,14,19,25H,4-5,8-9,13H2,(H,23,26);3-4,6,8-10,12H,1-2,5,7H2,(H,25,26,28)/t18-,19+,20+,22-;19-;/m00./s1. The number of hydrogen-bond donors (Lipinski definition) is 5. The number of anilines is 4. The minimum absolute atomic E-state index is 0.0149. The fraction of sp³-hybridized carbons (Fsp3) is 0.338. The van der Waals surface area contributed by atoms with Crippen molar-refractivity contribution < 1.29 is 60.9 Å². The van der Waals surface area contributed by atoms with Gasteiger partial charge in [-0.05, 0) is 134 Å². The van der Waals surface area contributed by atoms with Crippen LogP contribution < -0.4 is 25.6 Å². The number of aliphatic hydroxyl groups excluding tert-OH is 2. The number of β-amino-alcohol motifs (C(OH)–C–C–N with tert-alkyl or cyclic N) is 1. The van der Waals surface area contributed by atoms with Gasteiger partial charge < -0.3 is 40.7 Å². The number of nitrogens with one attached hydrogen (secondary N) is 3. The molecule has 6 aromatic rings. The number of nitrogens with zero attached hydrogens (tertiary/aromatic N) is 6. The minimum atomic E-state index is -4.43. The van der Waals surface area contributed by atoms with Crippen molar-refractivity contribution in [3.63, 3.8) is 0 Å². The van der Waals surface area contributed by atoms with E-state index in [2.05, 4.69) is 38.0 Å². The van der Waals surface area contributed by atoms with Crippen LogP contribution in [0.1, 0.15) is 84.8 Å². The fourth-order valence-corrected chi connectivity index (χ4v) is 9.95. The Kier molecular flexibility index (Phi) is 19.7. The molecule has 5 aromatic carbocycles. The number of aliphatic hydroxyl groups is 2. The van der Waals surface area contributed by atoms with Gasteiger partial charge in [0.1, 0.15) is 36.8 Å². The number of piperidine rings is 1. The topological polar surface area (TPSA) is 262 Å². The van der Waals surface area contributed by atoms with Gasteiger partial charge in [0.15, 0.2) is 12.0 Å². The van der Waals surface area contributed by atoms with E-state index in [-0.39, 0.29) is 84.0 Å². The first-order chi connectivity index (χ1) is 41.8. The molecule has 0 unspecified atom stereocenters. The van der Waals surface area contributed by atoms with Crippen molar-refractivity contribution in [2.75, 3.05) is 53.6 Å². The smallest absolute Gasteiger partial charge is 0.389 e. The van der Waals surface area contributed by atoms with Gasteiger partial charge in [0.05, 0.1) is 59.1 Å². The van der Waals surface area contributed by atoms with E-state index < -0.39 is 61.7 Å². The lowest BCUT2D eigenvalue weighted by molar-refractivity contribution is -0.138. The normalized spacial score (nSPS) is 19.2. The Hall–Kier alpha value is -9.56. The molecule has 0 spiro atoms. The zero-order chi connectivity index (χ0) is 61.9. The molecule has 1 aromatic heterocycles. The highest BCUT2D eigenvalue weighted by Gasteiger charge is 2.44. The SMILES string of the molecule is N#Cc1cc(-c2cc(NC(=O)C3CC3)ccn2)ccc1C(=O)CCC(F)(F)F.N#Cc1cc(-c2cccc(NC(=O)C3CC3)c2)ccc1N1CC[C@H](O)C1.N#Cc1cc(-c2cccc(NC(=O)[C@H]3C[C@H]3F)c2)ccc1O[C@H]1CCN(C(=O)CO)C[C@H]1F. The van der Waals surface area contributed by atoms with E-state index in [1.807, 2.05) is 54.6 Å². The van der Waals surface area contributed by atoms with Crippen LogP contribution >= 0.6 is 0 Å². The van der Waals surface area contributed by atoms with Crippen LogP contribution in [-0.4, -0.2) is 113 Å². The van der Waals surface area contributed by atoms with Crippen LogP contribution in [-0.2, 0) is 19.2 Å². The highest BCUT2D eigenvalue weighted by Crippen LogP contribution is 2.37. The van der Waals surface area contributed by atoms with E-state index in [9.17, 15) is 66.8 Å². The number of halogens is 5. The van der Waals surface area contributed by atoms with E-state index >= 15 is 0 Å². The van der Waals surface area contributed by atoms with Crippen molar-refractivity contribution >= 4 is 52.2 Å². The van der Waals surface area contributed by atoms with Crippen molar-refractivity contribution in [2.45, 2.75) is 88.5 Å². The number of ether oxygens (including phenoxy) is 1. The van der Waals surface area contributed by atoms with Crippen molar-refractivity contribution in [3.8, 4) is 57.5 Å². The Morgan fingerprint density at radius 1 is 0.632 bits per heavy atom. The van der Waals surface area contributed by atoms with Gasteiger partial charge in [-0.2, -0.15) is 29.0 Å². The number of Topliss-reactive ketones (excluding diaryl/α,β-unsaturated/α-hetero) is 1. The first-order valence-electron chi connectivity index (χ1n) is 28.4. The summed E-state index contributed by atoms with van der Waals surface area (Å²) < 4.78 is 70.4. The first kappa shape index (κ1) is 62.0. The number of hydrogen-bond acceptors (Lipinski definition) is 13. The average Bonchev–Trinajstić information content (AvgIpc) is 3.97. The van der Waals surface area contributed by atoms with Crippen LogP contribution in [0.2, 0.25) is 0 Å². The van der Waals surface area contributed by atoms with Gasteiger partial charge in [-0.1, -0.05) is 42.5 Å². The molecule has 0 radical (unpaired) electrons. The van der Waals surface area contributed by atoms with Crippen LogP contribution in [0.3, 0.4) is 0 Å². The van der Waals surface area contributed by atoms with Crippen molar-refractivity contribution in [1.82, 2.24) is 9.88 Å². The lowest BCUT2D eigenvalue weighted by Gasteiger charge is -2.34. The minimum Gasteiger partial charge on any atom is -0.486 e. The number of rotatable bonds is 16. The molecule has 22 heteroatoms. The maximum atomic E-state index is 14.6. The molecule has 0 bridgehead atoms. The summed E-state index contributed by atoms with van der Waals surface area (Å²) in [6, 6.07) is 39.2. The number of ketones is 1. The molecule has 3 heterocycles. The van der Waals surface area contributed by atoms with Gasteiger partial charge in [0, 0.05) is 78.7 Å². The predicted octanol–water partition coefficient (Wildman–Crippen LogP) is 10.5. The number of likely N-dealkylation sites (tertiary alicyclic amines) is 1.